The second-order valence-corrected chi connectivity index (χ2v) is 12.9. The van der Waals surface area contributed by atoms with Gasteiger partial charge in [0.2, 0.25) is 11.8 Å². The average Bonchev–Trinajstić information content (AvgIpc) is 3.08. The lowest BCUT2D eigenvalue weighted by molar-refractivity contribution is -0.140. The first kappa shape index (κ1) is 36.8. The number of anilines is 1. The van der Waals surface area contributed by atoms with Gasteiger partial charge in [-0.15, -0.1) is 0 Å². The second kappa shape index (κ2) is 16.8. The molecule has 256 valence electrons. The van der Waals surface area contributed by atoms with Gasteiger partial charge in [0, 0.05) is 25.2 Å². The number of carbonyl (C=O) groups excluding carboxylic acids is 2. The highest BCUT2D eigenvalue weighted by Gasteiger charge is 2.35. The fraction of sp³-hybridized carbons (Fsp3) is 0.412. The summed E-state index contributed by atoms with van der Waals surface area (Å²) in [7, 11) is 2.76. The van der Waals surface area contributed by atoms with Crippen LogP contribution in [0.5, 0.6) is 28.7 Å². The molecule has 47 heavy (non-hydrogen) atoms. The maximum absolute atomic E-state index is 14.5. The Hall–Kier alpha value is -4.65. The fourth-order valence-corrected chi connectivity index (χ4v) is 6.35. The number of amides is 2. The van der Waals surface area contributed by atoms with Crippen molar-refractivity contribution in [3.05, 3.63) is 66.2 Å². The lowest BCUT2D eigenvalue weighted by atomic mass is 10.1. The third-order valence-electron chi connectivity index (χ3n) is 7.43. The number of ether oxygens (including phenoxy) is 5. The van der Waals surface area contributed by atoms with E-state index in [0.717, 1.165) is 4.31 Å². The Morgan fingerprint density at radius 2 is 1.43 bits per heavy atom. The van der Waals surface area contributed by atoms with Gasteiger partial charge in [0.05, 0.1) is 46.1 Å². The van der Waals surface area contributed by atoms with Crippen molar-refractivity contribution in [2.45, 2.75) is 44.7 Å². The van der Waals surface area contributed by atoms with Crippen LogP contribution in [0.4, 0.5) is 5.69 Å². The molecule has 0 fully saturated rings. The molecule has 3 aromatic carbocycles. The predicted octanol–water partition coefficient (Wildman–Crippen LogP) is 4.50. The average molecular weight is 672 g/mol. The van der Waals surface area contributed by atoms with Gasteiger partial charge in [-0.25, -0.2) is 8.42 Å². The summed E-state index contributed by atoms with van der Waals surface area (Å²) in [4.78, 5) is 29.2. The van der Waals surface area contributed by atoms with Gasteiger partial charge in [0.15, 0.2) is 11.5 Å². The molecule has 13 heteroatoms. The molecule has 0 heterocycles. The number of hydrogen-bond donors (Lipinski definition) is 1. The van der Waals surface area contributed by atoms with E-state index in [1.165, 1.54) is 64.7 Å². The molecule has 2 amide bonds. The van der Waals surface area contributed by atoms with E-state index in [4.69, 9.17) is 23.7 Å². The lowest BCUT2D eigenvalue weighted by Crippen LogP contribution is -2.52. The van der Waals surface area contributed by atoms with Crippen molar-refractivity contribution < 1.29 is 41.7 Å². The van der Waals surface area contributed by atoms with Crippen molar-refractivity contribution in [3.8, 4) is 28.7 Å². The third kappa shape index (κ3) is 9.00. The van der Waals surface area contributed by atoms with E-state index in [9.17, 15) is 18.0 Å². The lowest BCUT2D eigenvalue weighted by Gasteiger charge is -2.33. The molecule has 0 aliphatic carbocycles. The highest BCUT2D eigenvalue weighted by atomic mass is 32.2. The van der Waals surface area contributed by atoms with Crippen LogP contribution in [0.25, 0.3) is 0 Å². The molecule has 0 saturated heterocycles. The Bertz CT molecular complexity index is 1630. The zero-order chi connectivity index (χ0) is 34.7. The monoisotopic (exact) mass is 671 g/mol. The van der Waals surface area contributed by atoms with Crippen molar-refractivity contribution in [1.82, 2.24) is 10.2 Å². The minimum Gasteiger partial charge on any atom is -0.497 e. The first-order valence-corrected chi connectivity index (χ1v) is 16.5. The molecule has 0 radical (unpaired) electrons. The molecule has 0 aliphatic rings. The minimum absolute atomic E-state index is 0.0170. The number of methoxy groups -OCH3 is 5. The summed E-state index contributed by atoms with van der Waals surface area (Å²) in [5.41, 5.74) is 0.759. The Balaban J connectivity index is 2.19. The van der Waals surface area contributed by atoms with Crippen molar-refractivity contribution in [2.24, 2.45) is 5.92 Å². The van der Waals surface area contributed by atoms with Crippen LogP contribution in [0.15, 0.2) is 65.6 Å². The van der Waals surface area contributed by atoms with Crippen LogP contribution >= 0.6 is 0 Å². The van der Waals surface area contributed by atoms with Gasteiger partial charge in [-0.2, -0.15) is 0 Å². The number of benzene rings is 3. The van der Waals surface area contributed by atoms with E-state index < -0.39 is 28.5 Å². The highest BCUT2D eigenvalue weighted by Crippen LogP contribution is 2.38. The maximum atomic E-state index is 14.5. The van der Waals surface area contributed by atoms with Crippen LogP contribution in [0.3, 0.4) is 0 Å². The Kier molecular flexibility index (Phi) is 13.1. The van der Waals surface area contributed by atoms with Crippen LogP contribution in [-0.2, 0) is 26.2 Å². The predicted molar refractivity (Wildman–Crippen MR) is 179 cm³/mol. The number of hydrogen-bond acceptors (Lipinski definition) is 9. The molecule has 1 atom stereocenters. The van der Waals surface area contributed by atoms with Gasteiger partial charge in [-0.3, -0.25) is 13.9 Å². The molecular weight excluding hydrogens is 626 g/mol. The van der Waals surface area contributed by atoms with E-state index >= 15 is 0 Å². The number of nitrogens with zero attached hydrogens (tertiary/aromatic N) is 2. The van der Waals surface area contributed by atoms with Gasteiger partial charge in [-0.1, -0.05) is 32.9 Å². The summed E-state index contributed by atoms with van der Waals surface area (Å²) in [5.74, 6) is 0.838. The summed E-state index contributed by atoms with van der Waals surface area (Å²) in [6.45, 7) is 5.50. The molecule has 0 unspecified atom stereocenters. The van der Waals surface area contributed by atoms with Crippen LogP contribution in [0, 0.1) is 5.92 Å². The molecule has 0 aliphatic heterocycles. The standard InChI is InChI=1S/C34H45N3O9S/c1-9-28(34(39)35-20-23(2)3)36(21-24-11-10-12-25(17-24)42-4)33(38)22-37(29-18-26(43-5)13-15-30(29)44-6)47(40,41)27-14-16-31(45-7)32(19-27)46-8/h10-19,23,28H,9,20-22H2,1-8H3,(H,35,39)/t28-/m0/s1. The normalized spacial score (nSPS) is 11.8. The largest absolute Gasteiger partial charge is 0.497 e. The van der Waals surface area contributed by atoms with E-state index in [1.54, 1.807) is 37.3 Å². The fourth-order valence-electron chi connectivity index (χ4n) is 4.92. The van der Waals surface area contributed by atoms with Crippen LogP contribution in [0.2, 0.25) is 0 Å². The van der Waals surface area contributed by atoms with Crippen molar-refractivity contribution in [1.29, 1.82) is 0 Å². The highest BCUT2D eigenvalue weighted by molar-refractivity contribution is 7.92. The van der Waals surface area contributed by atoms with Gasteiger partial charge >= 0.3 is 0 Å². The Labute approximate surface area is 277 Å². The zero-order valence-electron chi connectivity index (χ0n) is 28.2. The van der Waals surface area contributed by atoms with Gasteiger partial charge in [0.25, 0.3) is 10.0 Å². The molecule has 12 nitrogen and oxygen atoms in total. The van der Waals surface area contributed by atoms with Crippen LogP contribution in [0.1, 0.15) is 32.8 Å². The maximum Gasteiger partial charge on any atom is 0.265 e. The first-order valence-electron chi connectivity index (χ1n) is 15.1. The van der Waals surface area contributed by atoms with E-state index in [0.29, 0.717) is 29.4 Å². The Morgan fingerprint density at radius 3 is 2.02 bits per heavy atom. The number of sulfonamides is 1. The number of nitrogens with one attached hydrogen (secondary N) is 1. The van der Waals surface area contributed by atoms with E-state index in [2.05, 4.69) is 5.32 Å². The summed E-state index contributed by atoms with van der Waals surface area (Å²) < 4.78 is 56.9. The van der Waals surface area contributed by atoms with Crippen molar-refractivity contribution in [2.75, 3.05) is 52.9 Å². The quantitative estimate of drug-likeness (QED) is 0.220. The van der Waals surface area contributed by atoms with Gasteiger partial charge in [0.1, 0.15) is 29.8 Å². The van der Waals surface area contributed by atoms with E-state index in [-0.39, 0.29) is 46.9 Å². The van der Waals surface area contributed by atoms with Crippen molar-refractivity contribution >= 4 is 27.5 Å². The molecule has 3 rings (SSSR count). The summed E-state index contributed by atoms with van der Waals surface area (Å²) in [6, 6.07) is 15.0. The Morgan fingerprint density at radius 1 is 0.787 bits per heavy atom. The smallest absolute Gasteiger partial charge is 0.265 e. The first-order chi connectivity index (χ1) is 22.4. The molecule has 0 bridgehead atoms. The van der Waals surface area contributed by atoms with Crippen LogP contribution < -0.4 is 33.3 Å². The third-order valence-corrected chi connectivity index (χ3v) is 9.19. The SMILES string of the molecule is CC[C@@H](C(=O)NCC(C)C)N(Cc1cccc(OC)c1)C(=O)CN(c1cc(OC)ccc1OC)S(=O)(=O)c1ccc(OC)c(OC)c1. The number of carbonyl (C=O) groups is 2. The molecular formula is C34H45N3O9S. The second-order valence-electron chi connectivity index (χ2n) is 11.0. The van der Waals surface area contributed by atoms with E-state index in [1.807, 2.05) is 19.9 Å². The molecule has 3 aromatic rings. The summed E-state index contributed by atoms with van der Waals surface area (Å²) >= 11 is 0. The number of rotatable bonds is 17. The zero-order valence-corrected chi connectivity index (χ0v) is 29.1. The molecule has 1 N–H and O–H groups in total. The van der Waals surface area contributed by atoms with Crippen LogP contribution in [-0.4, -0.2) is 79.8 Å². The summed E-state index contributed by atoms with van der Waals surface area (Å²) in [5, 5.41) is 2.92. The van der Waals surface area contributed by atoms with Gasteiger partial charge < -0.3 is 33.9 Å². The molecule has 0 aromatic heterocycles. The minimum atomic E-state index is -4.46. The molecule has 0 saturated carbocycles. The topological polar surface area (TPSA) is 133 Å². The molecule has 0 spiro atoms. The van der Waals surface area contributed by atoms with Crippen molar-refractivity contribution in [3.63, 3.8) is 0 Å². The summed E-state index contributed by atoms with van der Waals surface area (Å²) in [6.07, 6.45) is 0.282. The van der Waals surface area contributed by atoms with Gasteiger partial charge in [-0.05, 0) is 54.3 Å².